The van der Waals surface area contributed by atoms with Gasteiger partial charge >= 0.3 is 0 Å². The van der Waals surface area contributed by atoms with Gasteiger partial charge in [0.1, 0.15) is 5.78 Å². The zero-order valence-electron chi connectivity index (χ0n) is 12.9. The molecule has 4 heteroatoms. The summed E-state index contributed by atoms with van der Waals surface area (Å²) in [5.74, 6) is 0.178. The van der Waals surface area contributed by atoms with E-state index in [4.69, 9.17) is 4.74 Å². The van der Waals surface area contributed by atoms with Crippen LogP contribution in [0, 0.1) is 0 Å². The summed E-state index contributed by atoms with van der Waals surface area (Å²) in [5, 5.41) is 4.54. The van der Waals surface area contributed by atoms with Crippen molar-refractivity contribution in [3.05, 3.63) is 42.1 Å². The Kier molecular flexibility index (Phi) is 5.28. The molecule has 0 saturated heterocycles. The summed E-state index contributed by atoms with van der Waals surface area (Å²) in [7, 11) is 0. The summed E-state index contributed by atoms with van der Waals surface area (Å²) < 4.78 is 7.41. The molecular formula is C17H22N2O2. The van der Waals surface area contributed by atoms with Gasteiger partial charge in [-0.2, -0.15) is 5.10 Å². The van der Waals surface area contributed by atoms with Crippen molar-refractivity contribution < 1.29 is 9.53 Å². The van der Waals surface area contributed by atoms with Gasteiger partial charge in [0, 0.05) is 18.2 Å². The fourth-order valence-electron chi connectivity index (χ4n) is 2.10. The number of rotatable bonds is 7. The first-order valence-electron chi connectivity index (χ1n) is 7.28. The van der Waals surface area contributed by atoms with Crippen LogP contribution in [0.15, 0.2) is 36.5 Å². The van der Waals surface area contributed by atoms with Crippen molar-refractivity contribution in [1.29, 1.82) is 0 Å². The molecule has 0 aliphatic rings. The average molecular weight is 286 g/mol. The first-order chi connectivity index (χ1) is 10.0. The number of hydrogen-bond acceptors (Lipinski definition) is 3. The maximum Gasteiger partial charge on any atom is 0.134 e. The molecule has 2 aromatic rings. The third kappa shape index (κ3) is 4.83. The van der Waals surface area contributed by atoms with E-state index in [0.717, 1.165) is 23.4 Å². The Morgan fingerprint density at radius 2 is 1.95 bits per heavy atom. The van der Waals surface area contributed by atoms with Gasteiger partial charge in [-0.25, -0.2) is 0 Å². The maximum atomic E-state index is 11.1. The van der Waals surface area contributed by atoms with Crippen LogP contribution in [-0.2, 0) is 22.5 Å². The SMILES string of the molecule is CC(=O)Cc1ccc(-c2ccn(CCOC(C)C)n2)cc1. The standard InChI is InChI=1S/C17H22N2O2/c1-13(2)21-11-10-19-9-8-17(18-19)16-6-4-15(5-7-16)12-14(3)20/h4-9,13H,10-12H2,1-3H3. The number of benzene rings is 1. The Hall–Kier alpha value is -1.94. The average Bonchev–Trinajstić information content (AvgIpc) is 2.87. The smallest absolute Gasteiger partial charge is 0.134 e. The number of nitrogens with zero attached hydrogens (tertiary/aromatic N) is 2. The van der Waals surface area contributed by atoms with E-state index in [9.17, 15) is 4.79 Å². The Morgan fingerprint density at radius 1 is 1.24 bits per heavy atom. The number of ether oxygens (including phenoxy) is 1. The summed E-state index contributed by atoms with van der Waals surface area (Å²) >= 11 is 0. The van der Waals surface area contributed by atoms with E-state index >= 15 is 0 Å². The molecule has 0 aliphatic heterocycles. The minimum Gasteiger partial charge on any atom is -0.377 e. The molecule has 4 nitrogen and oxygen atoms in total. The lowest BCUT2D eigenvalue weighted by atomic mass is 10.1. The van der Waals surface area contributed by atoms with Crippen molar-refractivity contribution in [3.63, 3.8) is 0 Å². The van der Waals surface area contributed by atoms with Crippen LogP contribution in [0.25, 0.3) is 11.3 Å². The van der Waals surface area contributed by atoms with Gasteiger partial charge < -0.3 is 4.74 Å². The highest BCUT2D eigenvalue weighted by atomic mass is 16.5. The van der Waals surface area contributed by atoms with Gasteiger partial charge in [0.15, 0.2) is 0 Å². The summed E-state index contributed by atoms with van der Waals surface area (Å²) in [4.78, 5) is 11.1. The fourth-order valence-corrected chi connectivity index (χ4v) is 2.10. The molecule has 0 N–H and O–H groups in total. The van der Waals surface area contributed by atoms with Crippen LogP contribution in [0.1, 0.15) is 26.3 Å². The van der Waals surface area contributed by atoms with Crippen molar-refractivity contribution >= 4 is 5.78 Å². The minimum absolute atomic E-state index is 0.178. The van der Waals surface area contributed by atoms with Gasteiger partial charge in [0.05, 0.1) is 24.9 Å². The molecule has 0 aliphatic carbocycles. The molecule has 0 fully saturated rings. The molecular weight excluding hydrogens is 264 g/mol. The molecule has 0 saturated carbocycles. The van der Waals surface area contributed by atoms with E-state index in [1.807, 2.05) is 55.1 Å². The molecule has 112 valence electrons. The first-order valence-corrected chi connectivity index (χ1v) is 7.28. The Bertz CT molecular complexity index is 585. The van der Waals surface area contributed by atoms with Crippen molar-refractivity contribution in [2.45, 2.75) is 39.8 Å². The quantitative estimate of drug-likeness (QED) is 0.785. The fraction of sp³-hybridized carbons (Fsp3) is 0.412. The van der Waals surface area contributed by atoms with Gasteiger partial charge in [-0.15, -0.1) is 0 Å². The Labute approximate surface area is 125 Å². The first kappa shape index (κ1) is 15.4. The number of aromatic nitrogens is 2. The summed E-state index contributed by atoms with van der Waals surface area (Å²) in [6, 6.07) is 9.98. The highest BCUT2D eigenvalue weighted by Crippen LogP contribution is 2.18. The van der Waals surface area contributed by atoms with E-state index in [2.05, 4.69) is 5.10 Å². The second-order valence-corrected chi connectivity index (χ2v) is 5.46. The number of hydrogen-bond donors (Lipinski definition) is 0. The van der Waals surface area contributed by atoms with Crippen molar-refractivity contribution in [3.8, 4) is 11.3 Å². The topological polar surface area (TPSA) is 44.1 Å². The molecule has 0 amide bonds. The van der Waals surface area contributed by atoms with Crippen molar-refractivity contribution in [1.82, 2.24) is 9.78 Å². The molecule has 0 atom stereocenters. The van der Waals surface area contributed by atoms with Crippen LogP contribution in [0.5, 0.6) is 0 Å². The van der Waals surface area contributed by atoms with Crippen LogP contribution in [-0.4, -0.2) is 28.3 Å². The van der Waals surface area contributed by atoms with Gasteiger partial charge in [0.2, 0.25) is 0 Å². The monoisotopic (exact) mass is 286 g/mol. The van der Waals surface area contributed by atoms with Crippen LogP contribution < -0.4 is 0 Å². The number of carbonyl (C=O) groups excluding carboxylic acids is 1. The lowest BCUT2D eigenvalue weighted by molar-refractivity contribution is -0.116. The van der Waals surface area contributed by atoms with Gasteiger partial charge in [0.25, 0.3) is 0 Å². The predicted octanol–water partition coefficient (Wildman–Crippen LogP) is 3.11. The number of carbonyl (C=O) groups is 1. The largest absolute Gasteiger partial charge is 0.377 e. The molecule has 1 heterocycles. The molecule has 0 unspecified atom stereocenters. The van der Waals surface area contributed by atoms with E-state index in [1.165, 1.54) is 0 Å². The van der Waals surface area contributed by atoms with Gasteiger partial charge in [-0.05, 0) is 32.4 Å². The summed E-state index contributed by atoms with van der Waals surface area (Å²) in [6.45, 7) is 7.07. The van der Waals surface area contributed by atoms with E-state index in [-0.39, 0.29) is 11.9 Å². The van der Waals surface area contributed by atoms with Gasteiger partial charge in [-0.3, -0.25) is 9.48 Å². The number of Topliss-reactive ketones (excluding diaryl/α,β-unsaturated/α-hetero) is 1. The third-order valence-corrected chi connectivity index (χ3v) is 3.12. The summed E-state index contributed by atoms with van der Waals surface area (Å²) in [5.41, 5.74) is 3.04. The van der Waals surface area contributed by atoms with E-state index < -0.39 is 0 Å². The second kappa shape index (κ2) is 7.18. The highest BCUT2D eigenvalue weighted by Gasteiger charge is 2.04. The van der Waals surface area contributed by atoms with Crippen molar-refractivity contribution in [2.24, 2.45) is 0 Å². The Balaban J connectivity index is 1.98. The molecule has 0 bridgehead atoms. The third-order valence-electron chi connectivity index (χ3n) is 3.12. The zero-order valence-corrected chi connectivity index (χ0v) is 12.9. The minimum atomic E-state index is 0.178. The number of ketones is 1. The Morgan fingerprint density at radius 3 is 2.57 bits per heavy atom. The highest BCUT2D eigenvalue weighted by molar-refractivity contribution is 5.78. The van der Waals surface area contributed by atoms with Crippen molar-refractivity contribution in [2.75, 3.05) is 6.61 Å². The molecule has 2 rings (SSSR count). The van der Waals surface area contributed by atoms with Crippen LogP contribution in [0.3, 0.4) is 0 Å². The second-order valence-electron chi connectivity index (χ2n) is 5.46. The lowest BCUT2D eigenvalue weighted by Gasteiger charge is -2.07. The molecule has 0 spiro atoms. The van der Waals surface area contributed by atoms with Crippen LogP contribution in [0.2, 0.25) is 0 Å². The maximum absolute atomic E-state index is 11.1. The molecule has 1 aromatic carbocycles. The molecule has 0 radical (unpaired) electrons. The predicted molar refractivity (Wildman–Crippen MR) is 83.1 cm³/mol. The molecule has 21 heavy (non-hydrogen) atoms. The normalized spacial score (nSPS) is 11.0. The summed E-state index contributed by atoms with van der Waals surface area (Å²) in [6.07, 6.45) is 2.69. The van der Waals surface area contributed by atoms with Crippen LogP contribution in [0.4, 0.5) is 0 Å². The van der Waals surface area contributed by atoms with E-state index in [0.29, 0.717) is 13.0 Å². The molecule has 1 aromatic heterocycles. The zero-order chi connectivity index (χ0) is 15.2. The lowest BCUT2D eigenvalue weighted by Crippen LogP contribution is -2.10. The van der Waals surface area contributed by atoms with Gasteiger partial charge in [-0.1, -0.05) is 24.3 Å². The van der Waals surface area contributed by atoms with E-state index in [1.54, 1.807) is 6.92 Å². The van der Waals surface area contributed by atoms with Crippen LogP contribution >= 0.6 is 0 Å².